The Hall–Kier alpha value is -1.24. The summed E-state index contributed by atoms with van der Waals surface area (Å²) < 4.78 is 1.77. The van der Waals surface area contributed by atoms with Crippen LogP contribution in [0.15, 0.2) is 51.4 Å². The molecule has 20 heavy (non-hydrogen) atoms. The molecule has 0 saturated heterocycles. The molecule has 0 aliphatic carbocycles. The van der Waals surface area contributed by atoms with E-state index in [4.69, 9.17) is 18.0 Å². The standard InChI is InChI=1S/C14H10Br2N2OS/c15-9-3-1-8(2-4-9)14(19)18-12-6-5-10(16)7-11(12)13(17)20/h1-7H,(H2,17,20)(H,18,19). The number of nitrogens with one attached hydrogen (secondary N) is 1. The first-order valence-electron chi connectivity index (χ1n) is 5.63. The van der Waals surface area contributed by atoms with Crippen LogP contribution in [0, 0.1) is 0 Å². The number of hydrogen-bond donors (Lipinski definition) is 2. The molecule has 102 valence electrons. The van der Waals surface area contributed by atoms with Crippen LogP contribution >= 0.6 is 44.1 Å². The highest BCUT2D eigenvalue weighted by atomic mass is 79.9. The third kappa shape index (κ3) is 3.65. The molecule has 0 unspecified atom stereocenters. The Morgan fingerprint density at radius 2 is 1.65 bits per heavy atom. The number of amides is 1. The molecule has 0 spiro atoms. The number of carbonyl (C=O) groups excluding carboxylic acids is 1. The Labute approximate surface area is 138 Å². The molecule has 2 rings (SSSR count). The van der Waals surface area contributed by atoms with E-state index in [1.807, 2.05) is 18.2 Å². The third-order valence-electron chi connectivity index (χ3n) is 2.60. The van der Waals surface area contributed by atoms with Crippen molar-refractivity contribution >= 4 is 60.7 Å². The molecular formula is C14H10Br2N2OS. The van der Waals surface area contributed by atoms with Gasteiger partial charge in [-0.3, -0.25) is 4.79 Å². The summed E-state index contributed by atoms with van der Waals surface area (Å²) in [6.45, 7) is 0. The number of nitrogens with two attached hydrogens (primary N) is 1. The van der Waals surface area contributed by atoms with Gasteiger partial charge in [0.25, 0.3) is 5.91 Å². The fourth-order valence-electron chi connectivity index (χ4n) is 1.63. The van der Waals surface area contributed by atoms with Crippen molar-refractivity contribution in [3.8, 4) is 0 Å². The summed E-state index contributed by atoms with van der Waals surface area (Å²) in [4.78, 5) is 12.4. The van der Waals surface area contributed by atoms with Crippen molar-refractivity contribution in [1.82, 2.24) is 0 Å². The van der Waals surface area contributed by atoms with Gasteiger partial charge in [-0.1, -0.05) is 44.1 Å². The number of thiocarbonyl (C=S) groups is 1. The van der Waals surface area contributed by atoms with E-state index in [2.05, 4.69) is 37.2 Å². The molecule has 0 fully saturated rings. The second-order valence-corrected chi connectivity index (χ2v) is 6.29. The van der Waals surface area contributed by atoms with Crippen LogP contribution in [0.3, 0.4) is 0 Å². The van der Waals surface area contributed by atoms with E-state index in [0.29, 0.717) is 16.8 Å². The zero-order valence-electron chi connectivity index (χ0n) is 10.2. The highest BCUT2D eigenvalue weighted by molar-refractivity contribution is 9.10. The summed E-state index contributed by atoms with van der Waals surface area (Å²) in [5.41, 5.74) is 7.45. The zero-order chi connectivity index (χ0) is 14.7. The molecule has 2 aromatic rings. The lowest BCUT2D eigenvalue weighted by molar-refractivity contribution is 0.102. The first-order chi connectivity index (χ1) is 9.47. The van der Waals surface area contributed by atoms with E-state index >= 15 is 0 Å². The number of carbonyl (C=O) groups is 1. The van der Waals surface area contributed by atoms with Crippen LogP contribution in [0.4, 0.5) is 5.69 Å². The van der Waals surface area contributed by atoms with Crippen LogP contribution < -0.4 is 11.1 Å². The Bertz CT molecular complexity index is 671. The summed E-state index contributed by atoms with van der Waals surface area (Å²) in [5.74, 6) is -0.211. The van der Waals surface area contributed by atoms with Gasteiger partial charge in [0.1, 0.15) is 4.99 Å². The van der Waals surface area contributed by atoms with Gasteiger partial charge in [-0.05, 0) is 42.5 Å². The Balaban J connectivity index is 2.28. The number of benzene rings is 2. The number of halogens is 2. The minimum absolute atomic E-state index is 0.211. The van der Waals surface area contributed by atoms with Gasteiger partial charge < -0.3 is 11.1 Å². The van der Waals surface area contributed by atoms with E-state index < -0.39 is 0 Å². The van der Waals surface area contributed by atoms with Crippen LogP contribution in [-0.4, -0.2) is 10.9 Å². The van der Waals surface area contributed by atoms with Gasteiger partial charge in [0.15, 0.2) is 0 Å². The smallest absolute Gasteiger partial charge is 0.255 e. The maximum Gasteiger partial charge on any atom is 0.255 e. The third-order valence-corrected chi connectivity index (χ3v) is 3.84. The molecule has 0 aliphatic rings. The average Bonchev–Trinajstić information content (AvgIpc) is 2.41. The molecule has 1 amide bonds. The van der Waals surface area contributed by atoms with E-state index in [1.54, 1.807) is 24.3 Å². The molecule has 0 aromatic heterocycles. The van der Waals surface area contributed by atoms with Crippen molar-refractivity contribution in [2.24, 2.45) is 5.73 Å². The zero-order valence-corrected chi connectivity index (χ0v) is 14.2. The summed E-state index contributed by atoms with van der Waals surface area (Å²) in [5, 5.41) is 2.81. The summed E-state index contributed by atoms with van der Waals surface area (Å²) >= 11 is 11.7. The fourth-order valence-corrected chi connectivity index (χ4v) is 2.42. The Kier molecular flexibility index (Phi) is 4.91. The highest BCUT2D eigenvalue weighted by Crippen LogP contribution is 2.22. The SMILES string of the molecule is NC(=S)c1cc(Br)ccc1NC(=O)c1ccc(Br)cc1. The predicted molar refractivity (Wildman–Crippen MR) is 92.1 cm³/mol. The van der Waals surface area contributed by atoms with Crippen LogP contribution in [0.2, 0.25) is 0 Å². The van der Waals surface area contributed by atoms with E-state index in [0.717, 1.165) is 8.95 Å². The molecular weight excluding hydrogens is 404 g/mol. The molecule has 0 atom stereocenters. The van der Waals surface area contributed by atoms with Gasteiger partial charge in [-0.2, -0.15) is 0 Å². The largest absolute Gasteiger partial charge is 0.389 e. The molecule has 3 nitrogen and oxygen atoms in total. The fraction of sp³-hybridized carbons (Fsp3) is 0. The first-order valence-corrected chi connectivity index (χ1v) is 7.63. The lowest BCUT2D eigenvalue weighted by atomic mass is 10.1. The number of anilines is 1. The maximum absolute atomic E-state index is 12.2. The maximum atomic E-state index is 12.2. The molecule has 0 bridgehead atoms. The van der Waals surface area contributed by atoms with Gasteiger partial charge in [0.05, 0.1) is 5.69 Å². The van der Waals surface area contributed by atoms with Crippen molar-refractivity contribution in [3.63, 3.8) is 0 Å². The molecule has 2 aromatic carbocycles. The minimum Gasteiger partial charge on any atom is -0.389 e. The van der Waals surface area contributed by atoms with Crippen LogP contribution in [0.25, 0.3) is 0 Å². The average molecular weight is 414 g/mol. The van der Waals surface area contributed by atoms with Crippen LogP contribution in [0.1, 0.15) is 15.9 Å². The summed E-state index contributed by atoms with van der Waals surface area (Å²) in [6, 6.07) is 12.4. The Morgan fingerprint density at radius 3 is 2.25 bits per heavy atom. The summed E-state index contributed by atoms with van der Waals surface area (Å²) in [7, 11) is 0. The van der Waals surface area contributed by atoms with E-state index in [9.17, 15) is 4.79 Å². The molecule has 0 radical (unpaired) electrons. The second-order valence-electron chi connectivity index (χ2n) is 4.02. The molecule has 3 N–H and O–H groups in total. The topological polar surface area (TPSA) is 55.1 Å². The molecule has 6 heteroatoms. The highest BCUT2D eigenvalue weighted by Gasteiger charge is 2.11. The Morgan fingerprint density at radius 1 is 1.05 bits per heavy atom. The quantitative estimate of drug-likeness (QED) is 0.744. The lowest BCUT2D eigenvalue weighted by Gasteiger charge is -2.10. The number of rotatable bonds is 3. The van der Waals surface area contributed by atoms with E-state index in [1.165, 1.54) is 0 Å². The van der Waals surface area contributed by atoms with Crippen LogP contribution in [-0.2, 0) is 0 Å². The molecule has 0 aliphatic heterocycles. The van der Waals surface area contributed by atoms with Crippen molar-refractivity contribution in [1.29, 1.82) is 0 Å². The minimum atomic E-state index is -0.211. The van der Waals surface area contributed by atoms with Gasteiger partial charge in [-0.15, -0.1) is 0 Å². The van der Waals surface area contributed by atoms with Crippen molar-refractivity contribution in [2.75, 3.05) is 5.32 Å². The number of hydrogen-bond acceptors (Lipinski definition) is 2. The van der Waals surface area contributed by atoms with Gasteiger partial charge in [0, 0.05) is 20.1 Å². The monoisotopic (exact) mass is 412 g/mol. The van der Waals surface area contributed by atoms with Gasteiger partial charge in [-0.25, -0.2) is 0 Å². The molecule has 0 heterocycles. The van der Waals surface area contributed by atoms with Crippen molar-refractivity contribution < 1.29 is 4.79 Å². The normalized spacial score (nSPS) is 10.1. The van der Waals surface area contributed by atoms with Crippen molar-refractivity contribution in [2.45, 2.75) is 0 Å². The van der Waals surface area contributed by atoms with Crippen molar-refractivity contribution in [3.05, 3.63) is 62.5 Å². The first kappa shape index (κ1) is 15.2. The second kappa shape index (κ2) is 6.47. The van der Waals surface area contributed by atoms with E-state index in [-0.39, 0.29) is 10.9 Å². The van der Waals surface area contributed by atoms with Gasteiger partial charge >= 0.3 is 0 Å². The lowest BCUT2D eigenvalue weighted by Crippen LogP contribution is -2.17. The van der Waals surface area contributed by atoms with Gasteiger partial charge in [0.2, 0.25) is 0 Å². The molecule has 0 saturated carbocycles. The van der Waals surface area contributed by atoms with Crippen LogP contribution in [0.5, 0.6) is 0 Å². The predicted octanol–water partition coefficient (Wildman–Crippen LogP) is 4.10. The summed E-state index contributed by atoms with van der Waals surface area (Å²) in [6.07, 6.45) is 0.